The number of nitrogens with two attached hydrogens (primary N) is 1. The van der Waals surface area contributed by atoms with Crippen molar-refractivity contribution in [3.05, 3.63) is 77.6 Å². The Balaban J connectivity index is 1.51. The van der Waals surface area contributed by atoms with Crippen LogP contribution in [0, 0.1) is 0 Å². The van der Waals surface area contributed by atoms with E-state index in [1.807, 2.05) is 18.2 Å². The molecule has 7 heteroatoms. The van der Waals surface area contributed by atoms with E-state index in [4.69, 9.17) is 5.73 Å². The summed E-state index contributed by atoms with van der Waals surface area (Å²) in [6, 6.07) is 21.0. The molecule has 0 radical (unpaired) electrons. The van der Waals surface area contributed by atoms with Crippen LogP contribution in [0.5, 0.6) is 0 Å². The van der Waals surface area contributed by atoms with Crippen molar-refractivity contribution in [2.45, 2.75) is 31.2 Å². The molecular formula is C22H26N6O. The molecule has 2 heterocycles. The number of carbonyl (C=O) groups is 1. The van der Waals surface area contributed by atoms with Gasteiger partial charge >= 0.3 is 0 Å². The maximum atomic E-state index is 11.2. The van der Waals surface area contributed by atoms with Gasteiger partial charge in [-0.2, -0.15) is 4.80 Å². The van der Waals surface area contributed by atoms with Crippen LogP contribution in [-0.4, -0.2) is 50.6 Å². The number of aromatic nitrogens is 4. The molecule has 0 aliphatic carbocycles. The Morgan fingerprint density at radius 3 is 2.31 bits per heavy atom. The van der Waals surface area contributed by atoms with Gasteiger partial charge in [0, 0.05) is 6.54 Å². The lowest BCUT2D eigenvalue weighted by Gasteiger charge is -2.40. The first-order valence-corrected chi connectivity index (χ1v) is 10.0. The van der Waals surface area contributed by atoms with Crippen molar-refractivity contribution in [1.82, 2.24) is 25.1 Å². The second kappa shape index (κ2) is 8.53. The lowest BCUT2D eigenvalue weighted by molar-refractivity contribution is -0.119. The van der Waals surface area contributed by atoms with Gasteiger partial charge in [-0.3, -0.25) is 4.79 Å². The minimum Gasteiger partial charge on any atom is -0.368 e. The Hall–Kier alpha value is -3.06. The van der Waals surface area contributed by atoms with Crippen LogP contribution in [0.1, 0.15) is 29.8 Å². The van der Waals surface area contributed by atoms with Crippen molar-refractivity contribution in [3.63, 3.8) is 0 Å². The molecule has 3 aromatic rings. The minimum atomic E-state index is -0.474. The highest BCUT2D eigenvalue weighted by atomic mass is 16.1. The Labute approximate surface area is 170 Å². The molecule has 1 saturated heterocycles. The van der Waals surface area contributed by atoms with Gasteiger partial charge in [-0.15, -0.1) is 10.2 Å². The third-order valence-corrected chi connectivity index (χ3v) is 5.77. The van der Waals surface area contributed by atoms with E-state index in [9.17, 15) is 4.79 Å². The zero-order valence-electron chi connectivity index (χ0n) is 16.4. The average Bonchev–Trinajstić information content (AvgIpc) is 3.22. The second-order valence-electron chi connectivity index (χ2n) is 7.64. The predicted molar refractivity (Wildman–Crippen MR) is 110 cm³/mol. The molecule has 0 spiro atoms. The van der Waals surface area contributed by atoms with Crippen molar-refractivity contribution < 1.29 is 4.79 Å². The van der Waals surface area contributed by atoms with E-state index in [0.717, 1.165) is 38.9 Å². The maximum absolute atomic E-state index is 11.2. The molecule has 1 amide bonds. The topological polar surface area (TPSA) is 89.9 Å². The zero-order valence-corrected chi connectivity index (χ0v) is 16.4. The molecule has 2 N–H and O–H groups in total. The molecule has 7 nitrogen and oxygen atoms in total. The first-order valence-electron chi connectivity index (χ1n) is 10.0. The number of likely N-dealkylation sites (tertiary alicyclic amines) is 1. The summed E-state index contributed by atoms with van der Waals surface area (Å²) in [6.07, 6.45) is 2.87. The van der Waals surface area contributed by atoms with Crippen molar-refractivity contribution in [3.8, 4) is 0 Å². The highest BCUT2D eigenvalue weighted by Crippen LogP contribution is 2.39. The fraction of sp³-hybridized carbons (Fsp3) is 0.364. The molecule has 1 aliphatic rings. The van der Waals surface area contributed by atoms with Crippen LogP contribution in [0.15, 0.2) is 60.7 Å². The number of tetrazole rings is 1. The Bertz CT molecular complexity index is 932. The van der Waals surface area contributed by atoms with E-state index in [1.165, 1.54) is 15.9 Å². The van der Waals surface area contributed by atoms with Crippen molar-refractivity contribution in [2.24, 2.45) is 5.73 Å². The number of benzene rings is 2. The summed E-state index contributed by atoms with van der Waals surface area (Å²) in [7, 11) is 0. The first kappa shape index (κ1) is 19.3. The van der Waals surface area contributed by atoms with Crippen molar-refractivity contribution in [2.75, 3.05) is 19.6 Å². The van der Waals surface area contributed by atoms with Crippen LogP contribution in [0.3, 0.4) is 0 Å². The normalized spacial score (nSPS) is 16.6. The smallest absolute Gasteiger partial charge is 0.241 e. The van der Waals surface area contributed by atoms with Gasteiger partial charge in [-0.05, 0) is 48.7 Å². The van der Waals surface area contributed by atoms with Crippen LogP contribution in [0.2, 0.25) is 0 Å². The van der Waals surface area contributed by atoms with Gasteiger partial charge in [-0.1, -0.05) is 60.7 Å². The van der Waals surface area contributed by atoms with E-state index in [1.54, 1.807) is 0 Å². The number of carbonyl (C=O) groups excluding carboxylic acids is 1. The molecular weight excluding hydrogens is 364 g/mol. The summed E-state index contributed by atoms with van der Waals surface area (Å²) in [6.45, 7) is 2.91. The Morgan fingerprint density at radius 2 is 1.66 bits per heavy atom. The van der Waals surface area contributed by atoms with Crippen LogP contribution in [0.25, 0.3) is 0 Å². The standard InChI is InChI=1S/C22H26N6O/c23-20(29)17-28-25-21(24-26-28)22(19-9-5-2-6-10-19)12-15-27(16-13-22)14-11-18-7-3-1-4-8-18/h1-10H,11-17H2,(H2,23,29). The number of hydrogen-bond donors (Lipinski definition) is 1. The first-order chi connectivity index (χ1) is 14.2. The number of amides is 1. The third-order valence-electron chi connectivity index (χ3n) is 5.77. The van der Waals surface area contributed by atoms with Crippen LogP contribution >= 0.6 is 0 Å². The summed E-state index contributed by atoms with van der Waals surface area (Å²) in [5, 5.41) is 12.9. The summed E-state index contributed by atoms with van der Waals surface area (Å²) >= 11 is 0. The molecule has 1 aromatic heterocycles. The van der Waals surface area contributed by atoms with Gasteiger partial charge in [0.1, 0.15) is 6.54 Å². The van der Waals surface area contributed by atoms with Crippen LogP contribution < -0.4 is 5.73 Å². The van der Waals surface area contributed by atoms with E-state index in [2.05, 4.69) is 62.8 Å². The van der Waals surface area contributed by atoms with Crippen LogP contribution in [-0.2, 0) is 23.2 Å². The summed E-state index contributed by atoms with van der Waals surface area (Å²) in [4.78, 5) is 15.0. The third kappa shape index (κ3) is 4.35. The van der Waals surface area contributed by atoms with Gasteiger partial charge in [0.2, 0.25) is 5.91 Å². The Morgan fingerprint density at radius 1 is 1.00 bits per heavy atom. The molecule has 0 atom stereocenters. The number of hydrogen-bond acceptors (Lipinski definition) is 5. The van der Waals surface area contributed by atoms with Gasteiger partial charge in [0.05, 0.1) is 5.41 Å². The molecule has 4 rings (SSSR count). The van der Waals surface area contributed by atoms with E-state index >= 15 is 0 Å². The molecule has 0 bridgehead atoms. The molecule has 1 fully saturated rings. The Kier molecular flexibility index (Phi) is 5.67. The molecule has 150 valence electrons. The molecule has 0 unspecified atom stereocenters. The lowest BCUT2D eigenvalue weighted by Crippen LogP contribution is -2.44. The summed E-state index contributed by atoms with van der Waals surface area (Å²) in [5.41, 5.74) is 7.55. The average molecular weight is 390 g/mol. The second-order valence-corrected chi connectivity index (χ2v) is 7.64. The maximum Gasteiger partial charge on any atom is 0.241 e. The highest BCUT2D eigenvalue weighted by molar-refractivity contribution is 5.73. The molecule has 0 saturated carbocycles. The molecule has 1 aliphatic heterocycles. The van der Waals surface area contributed by atoms with E-state index in [0.29, 0.717) is 5.82 Å². The number of nitrogens with zero attached hydrogens (tertiary/aromatic N) is 5. The van der Waals surface area contributed by atoms with Gasteiger partial charge in [0.15, 0.2) is 5.82 Å². The SMILES string of the molecule is NC(=O)Cn1nnc(C2(c3ccccc3)CCN(CCc3ccccc3)CC2)n1. The van der Waals surface area contributed by atoms with E-state index in [-0.39, 0.29) is 12.0 Å². The largest absolute Gasteiger partial charge is 0.368 e. The quantitative estimate of drug-likeness (QED) is 0.664. The highest BCUT2D eigenvalue weighted by Gasteiger charge is 2.41. The van der Waals surface area contributed by atoms with E-state index < -0.39 is 5.91 Å². The minimum absolute atomic E-state index is 0.0545. The summed E-state index contributed by atoms with van der Waals surface area (Å²) in [5.74, 6) is 0.200. The fourth-order valence-electron chi connectivity index (χ4n) is 4.13. The van der Waals surface area contributed by atoms with Gasteiger partial charge in [0.25, 0.3) is 0 Å². The lowest BCUT2D eigenvalue weighted by atomic mass is 9.72. The fourth-order valence-corrected chi connectivity index (χ4v) is 4.13. The van der Waals surface area contributed by atoms with Gasteiger partial charge in [-0.25, -0.2) is 0 Å². The predicted octanol–water partition coefficient (Wildman–Crippen LogP) is 1.78. The number of piperidine rings is 1. The number of primary amides is 1. The van der Waals surface area contributed by atoms with Gasteiger partial charge < -0.3 is 10.6 Å². The molecule has 29 heavy (non-hydrogen) atoms. The van der Waals surface area contributed by atoms with Crippen molar-refractivity contribution >= 4 is 5.91 Å². The van der Waals surface area contributed by atoms with Crippen LogP contribution in [0.4, 0.5) is 0 Å². The zero-order chi connectivity index (χ0) is 20.1. The monoisotopic (exact) mass is 390 g/mol. The van der Waals surface area contributed by atoms with Crippen molar-refractivity contribution in [1.29, 1.82) is 0 Å². The molecule has 2 aromatic carbocycles. The number of rotatable bonds is 7. The summed E-state index contributed by atoms with van der Waals surface area (Å²) < 4.78 is 0.